The van der Waals surface area contributed by atoms with Crippen LogP contribution >= 0.6 is 0 Å². The summed E-state index contributed by atoms with van der Waals surface area (Å²) in [6.45, 7) is 0.610. The van der Waals surface area contributed by atoms with E-state index in [2.05, 4.69) is 10.3 Å². The second kappa shape index (κ2) is 5.11. The zero-order valence-electron chi connectivity index (χ0n) is 12.6. The highest BCUT2D eigenvalue weighted by atomic mass is 16.1. The third kappa shape index (κ3) is 2.70. The molecule has 0 aliphatic heterocycles. The molecule has 0 atom stereocenters. The first kappa shape index (κ1) is 13.3. The molecule has 3 nitrogen and oxygen atoms in total. The number of carbonyl (C=O) groups is 1. The Hall–Kier alpha value is -1.38. The quantitative estimate of drug-likeness (QED) is 0.921. The van der Waals surface area contributed by atoms with Crippen LogP contribution in [-0.2, 0) is 11.3 Å². The maximum atomic E-state index is 12.4. The van der Waals surface area contributed by atoms with Crippen molar-refractivity contribution in [1.29, 1.82) is 0 Å². The SMILES string of the molecule is O=C(CC12CC3CC(CC(C3)C1)C2)NCc1cccnc1. The number of amides is 1. The van der Waals surface area contributed by atoms with Gasteiger partial charge < -0.3 is 5.32 Å². The Kier molecular flexibility index (Phi) is 3.24. The number of carbonyl (C=O) groups excluding carboxylic acids is 1. The lowest BCUT2D eigenvalue weighted by Gasteiger charge is -2.56. The molecule has 0 unspecified atom stereocenters. The lowest BCUT2D eigenvalue weighted by molar-refractivity contribution is -0.129. The van der Waals surface area contributed by atoms with E-state index in [9.17, 15) is 4.79 Å². The van der Waals surface area contributed by atoms with Crippen molar-refractivity contribution in [3.8, 4) is 0 Å². The summed E-state index contributed by atoms with van der Waals surface area (Å²) in [7, 11) is 0. The van der Waals surface area contributed by atoms with Crippen LogP contribution in [0.4, 0.5) is 0 Å². The van der Waals surface area contributed by atoms with Crippen molar-refractivity contribution >= 4 is 5.91 Å². The van der Waals surface area contributed by atoms with Gasteiger partial charge in [0.05, 0.1) is 0 Å². The van der Waals surface area contributed by atoms with Crippen LogP contribution in [0, 0.1) is 23.2 Å². The summed E-state index contributed by atoms with van der Waals surface area (Å²) >= 11 is 0. The number of pyridine rings is 1. The molecular weight excluding hydrogens is 260 g/mol. The number of aromatic nitrogens is 1. The molecule has 4 aliphatic rings. The fraction of sp³-hybridized carbons (Fsp3) is 0.667. The second-order valence-electron chi connectivity index (χ2n) is 7.73. The molecular formula is C18H24N2O. The van der Waals surface area contributed by atoms with Crippen LogP contribution in [0.5, 0.6) is 0 Å². The molecule has 0 radical (unpaired) electrons. The molecule has 1 aromatic heterocycles. The van der Waals surface area contributed by atoms with Gasteiger partial charge in [-0.1, -0.05) is 6.07 Å². The largest absolute Gasteiger partial charge is 0.352 e. The second-order valence-corrected chi connectivity index (χ2v) is 7.73. The highest BCUT2D eigenvalue weighted by Gasteiger charge is 2.51. The zero-order chi connectivity index (χ0) is 14.3. The molecule has 0 aromatic carbocycles. The van der Waals surface area contributed by atoms with E-state index in [-0.39, 0.29) is 5.91 Å². The fourth-order valence-corrected chi connectivity index (χ4v) is 5.61. The Morgan fingerprint density at radius 1 is 1.19 bits per heavy atom. The van der Waals surface area contributed by atoms with Gasteiger partial charge in [-0.2, -0.15) is 0 Å². The van der Waals surface area contributed by atoms with Crippen molar-refractivity contribution in [2.24, 2.45) is 23.2 Å². The van der Waals surface area contributed by atoms with E-state index in [0.717, 1.165) is 29.7 Å². The maximum Gasteiger partial charge on any atom is 0.220 e. The summed E-state index contributed by atoms with van der Waals surface area (Å²) in [5, 5.41) is 3.09. The molecule has 21 heavy (non-hydrogen) atoms. The van der Waals surface area contributed by atoms with E-state index in [1.54, 1.807) is 6.20 Å². The van der Waals surface area contributed by atoms with Crippen LogP contribution in [0.1, 0.15) is 50.5 Å². The van der Waals surface area contributed by atoms with Gasteiger partial charge >= 0.3 is 0 Å². The zero-order valence-corrected chi connectivity index (χ0v) is 12.6. The van der Waals surface area contributed by atoms with Crippen molar-refractivity contribution in [2.45, 2.75) is 51.5 Å². The number of hydrogen-bond donors (Lipinski definition) is 1. The van der Waals surface area contributed by atoms with Crippen molar-refractivity contribution in [1.82, 2.24) is 10.3 Å². The van der Waals surface area contributed by atoms with Gasteiger partial charge in [0.2, 0.25) is 5.91 Å². The molecule has 3 heteroatoms. The molecule has 1 heterocycles. The summed E-state index contributed by atoms with van der Waals surface area (Å²) in [6, 6.07) is 3.93. The molecule has 112 valence electrons. The van der Waals surface area contributed by atoms with E-state index in [0.29, 0.717) is 12.0 Å². The lowest BCUT2D eigenvalue weighted by atomic mass is 9.49. The molecule has 5 rings (SSSR count). The van der Waals surface area contributed by atoms with Crippen molar-refractivity contribution in [3.63, 3.8) is 0 Å². The molecule has 4 aliphatic carbocycles. The summed E-state index contributed by atoms with van der Waals surface area (Å²) < 4.78 is 0. The van der Waals surface area contributed by atoms with E-state index < -0.39 is 0 Å². The first-order valence-corrected chi connectivity index (χ1v) is 8.36. The van der Waals surface area contributed by atoms with Gasteiger partial charge in [-0.15, -0.1) is 0 Å². The molecule has 0 saturated heterocycles. The Labute approximate surface area is 126 Å². The van der Waals surface area contributed by atoms with E-state index in [1.807, 2.05) is 18.3 Å². The van der Waals surface area contributed by atoms with Gasteiger partial charge in [-0.25, -0.2) is 0 Å². The van der Waals surface area contributed by atoms with Gasteiger partial charge in [0.1, 0.15) is 0 Å². The third-order valence-electron chi connectivity index (χ3n) is 5.91. The number of nitrogens with one attached hydrogen (secondary N) is 1. The molecule has 1 amide bonds. The van der Waals surface area contributed by atoms with Gasteiger partial charge in [0.15, 0.2) is 0 Å². The summed E-state index contributed by atoms with van der Waals surface area (Å²) in [5.74, 6) is 2.99. The van der Waals surface area contributed by atoms with Gasteiger partial charge in [0, 0.05) is 25.4 Å². The monoisotopic (exact) mass is 284 g/mol. The highest BCUT2D eigenvalue weighted by Crippen LogP contribution is 2.61. The maximum absolute atomic E-state index is 12.4. The minimum absolute atomic E-state index is 0.237. The first-order valence-electron chi connectivity index (χ1n) is 8.36. The Morgan fingerprint density at radius 3 is 2.43 bits per heavy atom. The minimum atomic E-state index is 0.237. The predicted molar refractivity (Wildman–Crippen MR) is 81.3 cm³/mol. The number of nitrogens with zero attached hydrogens (tertiary/aromatic N) is 1. The molecule has 1 aromatic rings. The van der Waals surface area contributed by atoms with Crippen LogP contribution in [0.2, 0.25) is 0 Å². The Bertz CT molecular complexity index is 490. The van der Waals surface area contributed by atoms with Crippen molar-refractivity contribution in [3.05, 3.63) is 30.1 Å². The summed E-state index contributed by atoms with van der Waals surface area (Å²) in [6.07, 6.45) is 12.6. The molecule has 0 spiro atoms. The van der Waals surface area contributed by atoms with Crippen LogP contribution in [0.25, 0.3) is 0 Å². The Morgan fingerprint density at radius 2 is 1.86 bits per heavy atom. The van der Waals surface area contributed by atoms with Crippen LogP contribution < -0.4 is 5.32 Å². The molecule has 4 saturated carbocycles. The smallest absolute Gasteiger partial charge is 0.220 e. The molecule has 1 N–H and O–H groups in total. The highest BCUT2D eigenvalue weighted by molar-refractivity contribution is 5.76. The van der Waals surface area contributed by atoms with Crippen LogP contribution in [0.15, 0.2) is 24.5 Å². The van der Waals surface area contributed by atoms with Gasteiger partial charge in [-0.05, 0) is 73.3 Å². The van der Waals surface area contributed by atoms with Crippen molar-refractivity contribution in [2.75, 3.05) is 0 Å². The third-order valence-corrected chi connectivity index (χ3v) is 5.91. The normalized spacial score (nSPS) is 36.7. The average molecular weight is 284 g/mol. The van der Waals surface area contributed by atoms with Crippen molar-refractivity contribution < 1.29 is 4.79 Å². The Balaban J connectivity index is 1.36. The van der Waals surface area contributed by atoms with E-state index in [1.165, 1.54) is 38.5 Å². The van der Waals surface area contributed by atoms with Crippen LogP contribution in [-0.4, -0.2) is 10.9 Å². The van der Waals surface area contributed by atoms with Gasteiger partial charge in [-0.3, -0.25) is 9.78 Å². The minimum Gasteiger partial charge on any atom is -0.352 e. The number of hydrogen-bond acceptors (Lipinski definition) is 2. The van der Waals surface area contributed by atoms with Gasteiger partial charge in [0.25, 0.3) is 0 Å². The topological polar surface area (TPSA) is 42.0 Å². The average Bonchev–Trinajstić information content (AvgIpc) is 2.44. The standard InChI is InChI=1S/C18H24N2O/c21-17(20-12-13-2-1-3-19-11-13)10-18-7-14-4-15(8-18)6-16(5-14)9-18/h1-3,11,14-16H,4-10,12H2,(H,20,21). The summed E-state index contributed by atoms with van der Waals surface area (Å²) in [4.78, 5) is 16.5. The van der Waals surface area contributed by atoms with E-state index >= 15 is 0 Å². The fourth-order valence-electron chi connectivity index (χ4n) is 5.61. The predicted octanol–water partition coefficient (Wildman–Crippen LogP) is 3.30. The summed E-state index contributed by atoms with van der Waals surface area (Å²) in [5.41, 5.74) is 1.42. The molecule has 4 fully saturated rings. The lowest BCUT2D eigenvalue weighted by Crippen LogP contribution is -2.47. The first-order chi connectivity index (χ1) is 10.2. The molecule has 4 bridgehead atoms. The number of rotatable bonds is 4. The van der Waals surface area contributed by atoms with E-state index in [4.69, 9.17) is 0 Å². The van der Waals surface area contributed by atoms with Crippen LogP contribution in [0.3, 0.4) is 0 Å².